The van der Waals surface area contributed by atoms with Crippen LogP contribution < -0.4 is 21.7 Å². The average molecular weight is 486 g/mol. The van der Waals surface area contributed by atoms with E-state index in [1.54, 1.807) is 24.5 Å². The number of nitrogen functional groups attached to an aromatic ring is 1. The summed E-state index contributed by atoms with van der Waals surface area (Å²) in [7, 11) is 1.82. The Morgan fingerprint density at radius 1 is 1.11 bits per heavy atom. The summed E-state index contributed by atoms with van der Waals surface area (Å²) in [5, 5.41) is 19.6. The Hall–Kier alpha value is -4.28. The number of aliphatic hydroxyl groups is 1. The largest absolute Gasteiger partial charge is 0.388 e. The average Bonchev–Trinajstić information content (AvgIpc) is 3.30. The zero-order valence-electron chi connectivity index (χ0n) is 19.0. The molecule has 3 heterocycles. The van der Waals surface area contributed by atoms with Gasteiger partial charge in [0.05, 0.1) is 0 Å². The molecule has 5 rings (SSSR count). The van der Waals surface area contributed by atoms with E-state index >= 15 is 0 Å². The van der Waals surface area contributed by atoms with Crippen molar-refractivity contribution in [3.63, 3.8) is 0 Å². The van der Waals surface area contributed by atoms with Crippen LogP contribution in [0.5, 0.6) is 0 Å². The minimum atomic E-state index is -0.793. The third-order valence-corrected chi connectivity index (χ3v) is 6.48. The summed E-state index contributed by atoms with van der Waals surface area (Å²) in [5.41, 5.74) is 11.1. The summed E-state index contributed by atoms with van der Waals surface area (Å²) < 4.78 is 0. The zero-order valence-corrected chi connectivity index (χ0v) is 19.9. The first-order chi connectivity index (χ1) is 16.9. The van der Waals surface area contributed by atoms with Crippen LogP contribution >= 0.6 is 11.3 Å². The summed E-state index contributed by atoms with van der Waals surface area (Å²) in [6, 6.07) is 12.8. The summed E-state index contributed by atoms with van der Waals surface area (Å²) >= 11 is 1.47. The molecule has 0 bridgehead atoms. The molecule has 0 spiro atoms. The van der Waals surface area contributed by atoms with E-state index in [2.05, 4.69) is 30.9 Å². The number of amides is 1. The minimum absolute atomic E-state index is 0.0124. The van der Waals surface area contributed by atoms with Gasteiger partial charge in [-0.15, -0.1) is 11.3 Å². The number of hydrogen-bond donors (Lipinski definition) is 5. The second kappa shape index (κ2) is 9.16. The van der Waals surface area contributed by atoms with E-state index in [1.807, 2.05) is 50.4 Å². The van der Waals surface area contributed by atoms with Crippen LogP contribution in [0.25, 0.3) is 28.0 Å². The molecule has 0 aliphatic carbocycles. The van der Waals surface area contributed by atoms with Crippen molar-refractivity contribution in [3.8, 4) is 22.0 Å². The lowest BCUT2D eigenvalue weighted by Gasteiger charge is -2.19. The Bertz CT molecular complexity index is 1450. The van der Waals surface area contributed by atoms with Crippen LogP contribution in [-0.4, -0.2) is 33.0 Å². The highest BCUT2D eigenvalue weighted by atomic mass is 32.1. The molecule has 35 heavy (non-hydrogen) atoms. The molecular weight excluding hydrogens is 462 g/mol. The lowest BCUT2D eigenvalue weighted by molar-refractivity contribution is 0.102. The molecule has 0 fully saturated rings. The Labute approximate surface area is 205 Å². The van der Waals surface area contributed by atoms with Crippen molar-refractivity contribution in [1.29, 1.82) is 0 Å². The number of carbonyl (C=O) groups excluding carboxylic acids is 1. The fraction of sp³-hybridized carbons (Fsp3) is 0.120. The van der Waals surface area contributed by atoms with E-state index in [4.69, 9.17) is 5.73 Å². The second-order valence-electron chi connectivity index (χ2n) is 7.96. The van der Waals surface area contributed by atoms with Crippen molar-refractivity contribution >= 4 is 40.5 Å². The summed E-state index contributed by atoms with van der Waals surface area (Å²) in [6.07, 6.45) is 4.52. The van der Waals surface area contributed by atoms with Crippen molar-refractivity contribution in [2.75, 3.05) is 23.4 Å². The Kier molecular flexibility index (Phi) is 5.89. The molecule has 10 heteroatoms. The first-order valence-electron chi connectivity index (χ1n) is 10.9. The van der Waals surface area contributed by atoms with Gasteiger partial charge in [0.25, 0.3) is 5.91 Å². The molecule has 6 N–H and O–H groups in total. The third-order valence-electron chi connectivity index (χ3n) is 5.56. The maximum atomic E-state index is 13.1. The molecule has 1 atom stereocenters. The van der Waals surface area contributed by atoms with Gasteiger partial charge in [-0.3, -0.25) is 4.79 Å². The third kappa shape index (κ3) is 4.44. The number of carbonyl (C=O) groups is 1. The topological polar surface area (TPSA) is 138 Å². The number of thiazole rings is 1. The summed E-state index contributed by atoms with van der Waals surface area (Å²) in [6.45, 7) is 1.96. The molecular formula is C25H23N7O2S. The van der Waals surface area contributed by atoms with Crippen LogP contribution in [0.15, 0.2) is 54.9 Å². The van der Waals surface area contributed by atoms with E-state index < -0.39 is 12.1 Å². The van der Waals surface area contributed by atoms with Crippen molar-refractivity contribution in [2.24, 2.45) is 0 Å². The van der Waals surface area contributed by atoms with Crippen molar-refractivity contribution in [3.05, 3.63) is 76.6 Å². The van der Waals surface area contributed by atoms with Gasteiger partial charge in [-0.05, 0) is 55.1 Å². The smallest absolute Gasteiger partial charge is 0.278 e. The highest BCUT2D eigenvalue weighted by Crippen LogP contribution is 2.35. The van der Waals surface area contributed by atoms with Crippen molar-refractivity contribution < 1.29 is 9.90 Å². The van der Waals surface area contributed by atoms with Crippen LogP contribution in [0.1, 0.15) is 32.7 Å². The van der Waals surface area contributed by atoms with Gasteiger partial charge in [-0.1, -0.05) is 12.1 Å². The number of nitrogens with one attached hydrogen (secondary N) is 3. The van der Waals surface area contributed by atoms with E-state index in [0.717, 1.165) is 27.3 Å². The molecule has 9 nitrogen and oxygen atoms in total. The lowest BCUT2D eigenvalue weighted by atomic mass is 9.98. The van der Waals surface area contributed by atoms with Crippen LogP contribution in [0.3, 0.4) is 0 Å². The quantitative estimate of drug-likeness (QED) is 0.286. The highest BCUT2D eigenvalue weighted by molar-refractivity contribution is 7.14. The van der Waals surface area contributed by atoms with Gasteiger partial charge < -0.3 is 26.8 Å². The molecule has 1 aliphatic heterocycles. The number of fused-ring (bicyclic) bond motifs is 1. The number of aliphatic hydroxyl groups excluding tert-OH is 1. The molecule has 2 aromatic heterocycles. The summed E-state index contributed by atoms with van der Waals surface area (Å²) in [5.74, 6) is -0.453. The number of rotatable bonds is 5. The van der Waals surface area contributed by atoms with Gasteiger partial charge in [0, 0.05) is 40.6 Å². The van der Waals surface area contributed by atoms with Crippen molar-refractivity contribution in [2.45, 2.75) is 13.2 Å². The fourth-order valence-corrected chi connectivity index (χ4v) is 4.53. The predicted molar refractivity (Wildman–Crippen MR) is 139 cm³/mol. The zero-order chi connectivity index (χ0) is 24.5. The monoisotopic (exact) mass is 485 g/mol. The van der Waals surface area contributed by atoms with Crippen LogP contribution in [-0.2, 0) is 0 Å². The normalized spacial score (nSPS) is 14.2. The summed E-state index contributed by atoms with van der Waals surface area (Å²) in [4.78, 5) is 27.8. The Balaban J connectivity index is 1.59. The number of nitrogens with zero attached hydrogens (tertiary/aromatic N) is 3. The second-order valence-corrected chi connectivity index (χ2v) is 9.19. The molecule has 2 aromatic carbocycles. The predicted octanol–water partition coefficient (Wildman–Crippen LogP) is 4.02. The van der Waals surface area contributed by atoms with Gasteiger partial charge in [0.15, 0.2) is 17.7 Å². The number of aromatic nitrogens is 3. The van der Waals surface area contributed by atoms with Gasteiger partial charge in [0.1, 0.15) is 16.4 Å². The maximum Gasteiger partial charge on any atom is 0.278 e. The first kappa shape index (κ1) is 22.5. The van der Waals surface area contributed by atoms with Gasteiger partial charge >= 0.3 is 0 Å². The molecule has 0 saturated carbocycles. The van der Waals surface area contributed by atoms with E-state index in [9.17, 15) is 9.90 Å². The standard InChI is InChI=1S/C25H23N7O2S/c1-13-12-29-25(35-13)20-19(15-3-8-18-14(11-15)9-10-28-23(18)33)31-21(22(26)32-20)24(34)30-17-6-4-16(27-2)5-7-17/h3-12,23,27-28,33H,1-2H3,(H2,26,32)(H,30,34). The van der Waals surface area contributed by atoms with E-state index in [1.165, 1.54) is 11.3 Å². The number of anilines is 3. The Morgan fingerprint density at radius 3 is 2.60 bits per heavy atom. The maximum absolute atomic E-state index is 13.1. The number of hydrogen-bond acceptors (Lipinski definition) is 9. The molecule has 0 saturated heterocycles. The number of benzene rings is 2. The van der Waals surface area contributed by atoms with Crippen LogP contribution in [0, 0.1) is 6.92 Å². The highest BCUT2D eigenvalue weighted by Gasteiger charge is 2.23. The minimum Gasteiger partial charge on any atom is -0.388 e. The van der Waals surface area contributed by atoms with Gasteiger partial charge in [-0.2, -0.15) is 0 Å². The van der Waals surface area contributed by atoms with Gasteiger partial charge in [-0.25, -0.2) is 15.0 Å². The molecule has 1 amide bonds. The first-order valence-corrected chi connectivity index (χ1v) is 11.7. The van der Waals surface area contributed by atoms with Crippen molar-refractivity contribution in [1.82, 2.24) is 20.3 Å². The van der Waals surface area contributed by atoms with Gasteiger partial charge in [0.2, 0.25) is 0 Å². The van der Waals surface area contributed by atoms with Crippen LogP contribution in [0.4, 0.5) is 17.2 Å². The lowest BCUT2D eigenvalue weighted by Crippen LogP contribution is -2.19. The number of aryl methyl sites for hydroxylation is 1. The molecule has 1 aliphatic rings. The molecule has 176 valence electrons. The Morgan fingerprint density at radius 2 is 1.89 bits per heavy atom. The fourth-order valence-electron chi connectivity index (χ4n) is 3.77. The SMILES string of the molecule is CNc1ccc(NC(=O)c2nc(-c3ccc4c(c3)C=CNC4O)c(-c3ncc(C)s3)nc2N)cc1. The molecule has 1 unspecified atom stereocenters. The number of nitrogens with two attached hydrogens (primary N) is 1. The van der Waals surface area contributed by atoms with Crippen LogP contribution in [0.2, 0.25) is 0 Å². The molecule has 4 aromatic rings. The van der Waals surface area contributed by atoms with E-state index in [-0.39, 0.29) is 11.5 Å². The van der Waals surface area contributed by atoms with E-state index in [0.29, 0.717) is 22.1 Å². The molecule has 0 radical (unpaired) electrons.